The van der Waals surface area contributed by atoms with E-state index >= 15 is 0 Å². The molecular formula is C22H19ClN2O. The maximum Gasteiger partial charge on any atom is 0.125 e. The van der Waals surface area contributed by atoms with Crippen molar-refractivity contribution in [1.82, 2.24) is 0 Å². The van der Waals surface area contributed by atoms with Crippen molar-refractivity contribution in [3.8, 4) is 0 Å². The van der Waals surface area contributed by atoms with Crippen molar-refractivity contribution in [2.45, 2.75) is 19.1 Å². The van der Waals surface area contributed by atoms with Gasteiger partial charge in [-0.3, -0.25) is 5.01 Å². The summed E-state index contributed by atoms with van der Waals surface area (Å²) in [4.78, 5) is 0. The lowest BCUT2D eigenvalue weighted by atomic mass is 9.95. The van der Waals surface area contributed by atoms with Gasteiger partial charge in [0.15, 0.2) is 0 Å². The maximum atomic E-state index is 11.1. The Morgan fingerprint density at radius 2 is 1.65 bits per heavy atom. The van der Waals surface area contributed by atoms with Crippen LogP contribution in [0.15, 0.2) is 84.0 Å². The van der Waals surface area contributed by atoms with Crippen LogP contribution < -0.4 is 5.01 Å². The van der Waals surface area contributed by atoms with Gasteiger partial charge in [-0.25, -0.2) is 0 Å². The summed E-state index contributed by atoms with van der Waals surface area (Å²) in [5.41, 5.74) is 4.67. The molecule has 26 heavy (non-hydrogen) atoms. The molecule has 2 atom stereocenters. The summed E-state index contributed by atoms with van der Waals surface area (Å²) in [5.74, 6) is 0. The number of hydrogen-bond acceptors (Lipinski definition) is 3. The van der Waals surface area contributed by atoms with Crippen LogP contribution in [-0.4, -0.2) is 16.9 Å². The largest absolute Gasteiger partial charge is 0.384 e. The molecule has 0 bridgehead atoms. The molecule has 0 spiro atoms. The quantitative estimate of drug-likeness (QED) is 0.713. The molecule has 0 amide bonds. The van der Waals surface area contributed by atoms with Gasteiger partial charge >= 0.3 is 0 Å². The third kappa shape index (κ3) is 3.12. The Labute approximate surface area is 158 Å². The summed E-state index contributed by atoms with van der Waals surface area (Å²) in [5, 5.41) is 18.5. The SMILES string of the molecule is Cc1cccc(N2N=C(c3ccccc3)C(O)C2c2ccc(Cl)cc2)c1. The van der Waals surface area contributed by atoms with E-state index in [-0.39, 0.29) is 6.04 Å². The lowest BCUT2D eigenvalue weighted by molar-refractivity contribution is 0.217. The molecule has 1 aliphatic heterocycles. The molecule has 2 unspecified atom stereocenters. The molecule has 0 radical (unpaired) electrons. The molecule has 3 aromatic carbocycles. The lowest BCUT2D eigenvalue weighted by Gasteiger charge is -2.26. The van der Waals surface area contributed by atoms with E-state index in [1.807, 2.05) is 71.7 Å². The number of rotatable bonds is 3. The van der Waals surface area contributed by atoms with E-state index in [1.54, 1.807) is 0 Å². The van der Waals surface area contributed by atoms with Crippen molar-refractivity contribution in [2.24, 2.45) is 5.10 Å². The topological polar surface area (TPSA) is 35.8 Å². The molecule has 3 nitrogen and oxygen atoms in total. The lowest BCUT2D eigenvalue weighted by Crippen LogP contribution is -2.30. The third-order valence-electron chi connectivity index (χ3n) is 4.61. The second-order valence-corrected chi connectivity index (χ2v) is 6.91. The number of halogens is 1. The van der Waals surface area contributed by atoms with E-state index in [4.69, 9.17) is 16.7 Å². The van der Waals surface area contributed by atoms with E-state index in [0.717, 1.165) is 22.4 Å². The Bertz CT molecular complexity index is 938. The minimum Gasteiger partial charge on any atom is -0.384 e. The van der Waals surface area contributed by atoms with Crippen LogP contribution in [0, 0.1) is 6.92 Å². The highest BCUT2D eigenvalue weighted by atomic mass is 35.5. The number of aliphatic hydroxyl groups is 1. The molecule has 0 aliphatic carbocycles. The Morgan fingerprint density at radius 3 is 2.35 bits per heavy atom. The number of nitrogens with zero attached hydrogens (tertiary/aromatic N) is 2. The molecule has 0 saturated heterocycles. The average molecular weight is 363 g/mol. The molecule has 1 heterocycles. The van der Waals surface area contributed by atoms with Crippen molar-refractivity contribution in [1.29, 1.82) is 0 Å². The second-order valence-electron chi connectivity index (χ2n) is 6.48. The van der Waals surface area contributed by atoms with E-state index < -0.39 is 6.10 Å². The summed E-state index contributed by atoms with van der Waals surface area (Å²) in [6.07, 6.45) is -0.737. The first-order valence-corrected chi connectivity index (χ1v) is 8.94. The maximum absolute atomic E-state index is 11.1. The molecule has 3 aromatic rings. The van der Waals surface area contributed by atoms with Crippen molar-refractivity contribution < 1.29 is 5.11 Å². The fraction of sp³-hybridized carbons (Fsp3) is 0.136. The monoisotopic (exact) mass is 362 g/mol. The van der Waals surface area contributed by atoms with Crippen molar-refractivity contribution in [3.05, 3.63) is 101 Å². The number of aryl methyl sites for hydroxylation is 1. The number of hydrazone groups is 1. The van der Waals surface area contributed by atoms with Crippen LogP contribution in [0.2, 0.25) is 5.02 Å². The molecular weight excluding hydrogens is 344 g/mol. The summed E-state index contributed by atoms with van der Waals surface area (Å²) in [6, 6.07) is 25.2. The van der Waals surface area contributed by atoms with E-state index in [0.29, 0.717) is 10.7 Å². The van der Waals surface area contributed by atoms with Crippen LogP contribution in [0.25, 0.3) is 0 Å². The fourth-order valence-electron chi connectivity index (χ4n) is 3.33. The predicted molar refractivity (Wildman–Crippen MR) is 107 cm³/mol. The van der Waals surface area contributed by atoms with Crippen molar-refractivity contribution in [2.75, 3.05) is 5.01 Å². The van der Waals surface area contributed by atoms with Gasteiger partial charge in [0.2, 0.25) is 0 Å². The van der Waals surface area contributed by atoms with Crippen LogP contribution in [0.5, 0.6) is 0 Å². The van der Waals surface area contributed by atoms with Gasteiger partial charge < -0.3 is 5.11 Å². The van der Waals surface area contributed by atoms with Gasteiger partial charge in [0.05, 0.1) is 11.4 Å². The summed E-state index contributed by atoms with van der Waals surface area (Å²) in [7, 11) is 0. The van der Waals surface area contributed by atoms with E-state index in [9.17, 15) is 5.11 Å². The Hall–Kier alpha value is -2.62. The van der Waals surface area contributed by atoms with Gasteiger partial charge in [0.25, 0.3) is 0 Å². The average Bonchev–Trinajstić information content (AvgIpc) is 3.00. The number of hydrogen-bond donors (Lipinski definition) is 1. The Morgan fingerprint density at radius 1 is 0.923 bits per heavy atom. The highest BCUT2D eigenvalue weighted by molar-refractivity contribution is 6.30. The zero-order valence-corrected chi connectivity index (χ0v) is 15.1. The van der Waals surface area contributed by atoms with Gasteiger partial charge in [0.1, 0.15) is 12.1 Å². The smallest absolute Gasteiger partial charge is 0.125 e. The Kier molecular flexibility index (Phi) is 4.49. The minimum absolute atomic E-state index is 0.302. The first-order valence-electron chi connectivity index (χ1n) is 8.57. The highest BCUT2D eigenvalue weighted by Gasteiger charge is 2.38. The summed E-state index contributed by atoms with van der Waals surface area (Å²) < 4.78 is 0. The predicted octanol–water partition coefficient (Wildman–Crippen LogP) is 4.97. The molecule has 0 fully saturated rings. The van der Waals surface area contributed by atoms with Gasteiger partial charge in [-0.05, 0) is 42.3 Å². The van der Waals surface area contributed by atoms with Crippen molar-refractivity contribution >= 4 is 23.0 Å². The minimum atomic E-state index is -0.737. The van der Waals surface area contributed by atoms with Crippen LogP contribution in [0.3, 0.4) is 0 Å². The zero-order valence-electron chi connectivity index (χ0n) is 14.4. The number of benzene rings is 3. The van der Waals surface area contributed by atoms with Gasteiger partial charge in [0, 0.05) is 10.6 Å². The van der Waals surface area contributed by atoms with Crippen LogP contribution in [0.1, 0.15) is 22.7 Å². The van der Waals surface area contributed by atoms with Crippen LogP contribution >= 0.6 is 11.6 Å². The van der Waals surface area contributed by atoms with Gasteiger partial charge in [-0.1, -0.05) is 66.2 Å². The number of aliphatic hydroxyl groups excluding tert-OH is 1. The standard InChI is InChI=1S/C22H19ClN2O/c1-15-6-5-9-19(14-15)25-21(17-10-12-18(23)13-11-17)22(26)20(24-25)16-7-3-2-4-8-16/h2-14,21-22,26H,1H3. The van der Waals surface area contributed by atoms with Crippen LogP contribution in [0.4, 0.5) is 5.69 Å². The van der Waals surface area contributed by atoms with Gasteiger partial charge in [-0.15, -0.1) is 0 Å². The molecule has 4 heteroatoms. The van der Waals surface area contributed by atoms with Crippen LogP contribution in [-0.2, 0) is 0 Å². The van der Waals surface area contributed by atoms with Crippen molar-refractivity contribution in [3.63, 3.8) is 0 Å². The van der Waals surface area contributed by atoms with E-state index in [2.05, 4.69) is 19.1 Å². The summed E-state index contributed by atoms with van der Waals surface area (Å²) >= 11 is 6.05. The highest BCUT2D eigenvalue weighted by Crippen LogP contribution is 2.37. The first-order chi connectivity index (χ1) is 12.6. The molecule has 130 valence electrons. The fourth-order valence-corrected chi connectivity index (χ4v) is 3.46. The molecule has 0 saturated carbocycles. The molecule has 0 aromatic heterocycles. The first kappa shape index (κ1) is 16.8. The number of anilines is 1. The molecule has 4 rings (SSSR count). The normalized spacial score (nSPS) is 19.5. The zero-order chi connectivity index (χ0) is 18.1. The van der Waals surface area contributed by atoms with E-state index in [1.165, 1.54) is 0 Å². The molecule has 1 N–H and O–H groups in total. The van der Waals surface area contributed by atoms with Gasteiger partial charge in [-0.2, -0.15) is 5.10 Å². The second kappa shape index (κ2) is 6.94. The molecule has 1 aliphatic rings. The summed E-state index contributed by atoms with van der Waals surface area (Å²) in [6.45, 7) is 2.05. The Balaban J connectivity index is 1.82. The third-order valence-corrected chi connectivity index (χ3v) is 4.86.